The number of aliphatic imine (C=N–C) groups is 1. The van der Waals surface area contributed by atoms with Gasteiger partial charge in [0.2, 0.25) is 0 Å². The highest BCUT2D eigenvalue weighted by Gasteiger charge is 2.07. The topological polar surface area (TPSA) is 78.0 Å². The maximum absolute atomic E-state index is 11.9. The Kier molecular flexibility index (Phi) is 11.8. The average molecular weight is 525 g/mol. The highest BCUT2D eigenvalue weighted by Crippen LogP contribution is 2.09. The summed E-state index contributed by atoms with van der Waals surface area (Å²) in [7, 11) is 6.94. The molecule has 0 heterocycles. The first-order valence-electron chi connectivity index (χ1n) is 9.60. The summed E-state index contributed by atoms with van der Waals surface area (Å²) in [5, 5.41) is 9.90. The van der Waals surface area contributed by atoms with Crippen molar-refractivity contribution in [3.05, 3.63) is 65.2 Å². The van der Waals surface area contributed by atoms with E-state index in [0.717, 1.165) is 29.3 Å². The molecule has 2 rings (SSSR count). The third-order valence-electron chi connectivity index (χ3n) is 4.34. The molecular formula is C22H32IN5O2. The maximum Gasteiger partial charge on any atom is 0.253 e. The number of halogens is 1. The first-order chi connectivity index (χ1) is 14.0. The van der Waals surface area contributed by atoms with Gasteiger partial charge in [-0.1, -0.05) is 24.3 Å². The van der Waals surface area contributed by atoms with E-state index in [2.05, 4.69) is 45.2 Å². The van der Waals surface area contributed by atoms with E-state index in [-0.39, 0.29) is 29.9 Å². The standard InChI is InChI=1S/C22H31N5O2.HI/c1-23-22(25-15-17-5-9-19(10-6-17)21(28)27(2)3)26-16-18-7-11-20(12-8-18)24-13-14-29-4;/h5-12,24H,13-16H2,1-4H3,(H2,23,25,26);1H. The van der Waals surface area contributed by atoms with Crippen LogP contribution in [-0.2, 0) is 17.8 Å². The molecule has 0 aliphatic rings. The minimum absolute atomic E-state index is 0. The van der Waals surface area contributed by atoms with Crippen LogP contribution in [0.25, 0.3) is 0 Å². The maximum atomic E-state index is 11.9. The van der Waals surface area contributed by atoms with Crippen molar-refractivity contribution in [1.29, 1.82) is 0 Å². The molecule has 0 saturated carbocycles. The van der Waals surface area contributed by atoms with E-state index < -0.39 is 0 Å². The number of nitrogens with one attached hydrogen (secondary N) is 3. The number of guanidine groups is 1. The molecule has 0 aliphatic carbocycles. The largest absolute Gasteiger partial charge is 0.383 e. The third-order valence-corrected chi connectivity index (χ3v) is 4.34. The molecule has 2 aromatic rings. The zero-order valence-electron chi connectivity index (χ0n) is 18.1. The number of amides is 1. The van der Waals surface area contributed by atoms with E-state index in [4.69, 9.17) is 4.74 Å². The minimum Gasteiger partial charge on any atom is -0.383 e. The van der Waals surface area contributed by atoms with Gasteiger partial charge in [-0.2, -0.15) is 0 Å². The first kappa shape index (κ1) is 25.7. The van der Waals surface area contributed by atoms with Gasteiger partial charge in [0, 0.05) is 59.1 Å². The fraction of sp³-hybridized carbons (Fsp3) is 0.364. The molecule has 0 bridgehead atoms. The summed E-state index contributed by atoms with van der Waals surface area (Å²) in [6, 6.07) is 15.9. The number of methoxy groups -OCH3 is 1. The number of anilines is 1. The quantitative estimate of drug-likeness (QED) is 0.203. The van der Waals surface area contributed by atoms with Gasteiger partial charge < -0.3 is 25.6 Å². The lowest BCUT2D eigenvalue weighted by atomic mass is 10.1. The Hall–Kier alpha value is -2.33. The Morgan fingerprint density at radius 2 is 1.50 bits per heavy atom. The number of hydrogen-bond acceptors (Lipinski definition) is 4. The molecule has 164 valence electrons. The molecule has 1 amide bonds. The molecular weight excluding hydrogens is 493 g/mol. The molecule has 3 N–H and O–H groups in total. The van der Waals surface area contributed by atoms with E-state index in [1.165, 1.54) is 0 Å². The molecule has 0 aliphatic heterocycles. The third kappa shape index (κ3) is 8.58. The highest BCUT2D eigenvalue weighted by atomic mass is 127. The Bertz CT molecular complexity index is 792. The van der Waals surface area contributed by atoms with Crippen LogP contribution in [0.2, 0.25) is 0 Å². The van der Waals surface area contributed by atoms with Crippen molar-refractivity contribution in [1.82, 2.24) is 15.5 Å². The lowest BCUT2D eigenvalue weighted by Crippen LogP contribution is -2.36. The van der Waals surface area contributed by atoms with Gasteiger partial charge in [-0.3, -0.25) is 9.79 Å². The number of hydrogen-bond donors (Lipinski definition) is 3. The molecule has 0 aromatic heterocycles. The summed E-state index contributed by atoms with van der Waals surface area (Å²) in [5.41, 5.74) is 4.00. The van der Waals surface area contributed by atoms with Gasteiger partial charge >= 0.3 is 0 Å². The van der Waals surface area contributed by atoms with E-state index in [1.54, 1.807) is 33.2 Å². The van der Waals surface area contributed by atoms with Crippen molar-refractivity contribution in [2.45, 2.75) is 13.1 Å². The average Bonchev–Trinajstić information content (AvgIpc) is 2.75. The van der Waals surface area contributed by atoms with Crippen LogP contribution in [0.3, 0.4) is 0 Å². The van der Waals surface area contributed by atoms with Crippen LogP contribution < -0.4 is 16.0 Å². The van der Waals surface area contributed by atoms with Gasteiger partial charge in [-0.25, -0.2) is 0 Å². The number of carbonyl (C=O) groups is 1. The smallest absolute Gasteiger partial charge is 0.253 e. The van der Waals surface area contributed by atoms with Crippen LogP contribution in [0, 0.1) is 0 Å². The number of benzene rings is 2. The number of nitrogens with zero attached hydrogens (tertiary/aromatic N) is 2. The van der Waals surface area contributed by atoms with Crippen LogP contribution in [0.5, 0.6) is 0 Å². The Balaban J connectivity index is 0.00000450. The highest BCUT2D eigenvalue weighted by molar-refractivity contribution is 14.0. The molecule has 0 atom stereocenters. The zero-order valence-corrected chi connectivity index (χ0v) is 20.4. The summed E-state index contributed by atoms with van der Waals surface area (Å²) in [6.07, 6.45) is 0. The lowest BCUT2D eigenvalue weighted by Gasteiger charge is -2.13. The fourth-order valence-corrected chi connectivity index (χ4v) is 2.65. The lowest BCUT2D eigenvalue weighted by molar-refractivity contribution is 0.0827. The predicted octanol–water partition coefficient (Wildman–Crippen LogP) is 2.93. The van der Waals surface area contributed by atoms with Crippen LogP contribution >= 0.6 is 24.0 Å². The number of carbonyl (C=O) groups excluding carboxylic acids is 1. The van der Waals surface area contributed by atoms with Crippen LogP contribution in [0.15, 0.2) is 53.5 Å². The predicted molar refractivity (Wildman–Crippen MR) is 134 cm³/mol. The SMILES string of the molecule is CN=C(NCc1ccc(NCCOC)cc1)NCc1ccc(C(=O)N(C)C)cc1.I. The van der Waals surface area contributed by atoms with Crippen molar-refractivity contribution < 1.29 is 9.53 Å². The summed E-state index contributed by atoms with van der Waals surface area (Å²) >= 11 is 0. The van der Waals surface area contributed by atoms with Crippen molar-refractivity contribution in [3.8, 4) is 0 Å². The second kappa shape index (κ2) is 13.8. The number of ether oxygens (including phenoxy) is 1. The normalized spacial score (nSPS) is 10.7. The second-order valence-corrected chi connectivity index (χ2v) is 6.79. The Morgan fingerprint density at radius 3 is 1.97 bits per heavy atom. The summed E-state index contributed by atoms with van der Waals surface area (Å²) in [6.45, 7) is 2.77. The summed E-state index contributed by atoms with van der Waals surface area (Å²) < 4.78 is 5.04. The van der Waals surface area contributed by atoms with Gasteiger partial charge in [-0.05, 0) is 35.4 Å². The summed E-state index contributed by atoms with van der Waals surface area (Å²) in [4.78, 5) is 17.8. The Morgan fingerprint density at radius 1 is 0.967 bits per heavy atom. The van der Waals surface area contributed by atoms with Crippen LogP contribution in [0.1, 0.15) is 21.5 Å². The fourth-order valence-electron chi connectivity index (χ4n) is 2.65. The van der Waals surface area contributed by atoms with E-state index >= 15 is 0 Å². The number of rotatable bonds is 9. The molecule has 7 nitrogen and oxygen atoms in total. The van der Waals surface area contributed by atoms with Crippen molar-refractivity contribution in [2.24, 2.45) is 4.99 Å². The van der Waals surface area contributed by atoms with Crippen molar-refractivity contribution >= 4 is 41.5 Å². The van der Waals surface area contributed by atoms with Gasteiger partial charge in [0.15, 0.2) is 5.96 Å². The van der Waals surface area contributed by atoms with Gasteiger partial charge in [0.1, 0.15) is 0 Å². The molecule has 0 fully saturated rings. The van der Waals surface area contributed by atoms with Crippen LogP contribution in [0.4, 0.5) is 5.69 Å². The molecule has 0 radical (unpaired) electrons. The molecule has 8 heteroatoms. The molecule has 0 saturated heterocycles. The molecule has 0 spiro atoms. The van der Waals surface area contributed by atoms with Crippen LogP contribution in [-0.4, -0.2) is 58.2 Å². The van der Waals surface area contributed by atoms with E-state index in [1.807, 2.05) is 24.3 Å². The first-order valence-corrected chi connectivity index (χ1v) is 9.60. The molecule has 2 aromatic carbocycles. The van der Waals surface area contributed by atoms with Gasteiger partial charge in [-0.15, -0.1) is 24.0 Å². The second-order valence-electron chi connectivity index (χ2n) is 6.79. The zero-order chi connectivity index (χ0) is 21.1. The van der Waals surface area contributed by atoms with Crippen molar-refractivity contribution in [3.63, 3.8) is 0 Å². The molecule has 30 heavy (non-hydrogen) atoms. The Labute approximate surface area is 196 Å². The molecule has 0 unspecified atom stereocenters. The van der Waals surface area contributed by atoms with E-state index in [9.17, 15) is 4.79 Å². The summed E-state index contributed by atoms with van der Waals surface area (Å²) in [5.74, 6) is 0.725. The monoisotopic (exact) mass is 525 g/mol. The van der Waals surface area contributed by atoms with Gasteiger partial charge in [0.05, 0.1) is 6.61 Å². The minimum atomic E-state index is 0. The van der Waals surface area contributed by atoms with Gasteiger partial charge in [0.25, 0.3) is 5.91 Å². The van der Waals surface area contributed by atoms with E-state index in [0.29, 0.717) is 25.3 Å². The van der Waals surface area contributed by atoms with Crippen molar-refractivity contribution in [2.75, 3.05) is 46.7 Å².